The fourth-order valence-electron chi connectivity index (χ4n) is 1.72. The summed E-state index contributed by atoms with van der Waals surface area (Å²) in [6, 6.07) is 6.02. The molecule has 0 radical (unpaired) electrons. The van der Waals surface area contributed by atoms with Crippen LogP contribution >= 0.6 is 0 Å². The molecule has 2 rings (SSSR count). The van der Waals surface area contributed by atoms with Gasteiger partial charge in [0.2, 0.25) is 0 Å². The van der Waals surface area contributed by atoms with E-state index in [1.807, 2.05) is 6.92 Å². The van der Waals surface area contributed by atoms with Crippen molar-refractivity contribution in [2.24, 2.45) is 0 Å². The van der Waals surface area contributed by atoms with E-state index in [2.05, 4.69) is 5.32 Å². The molecule has 1 unspecified atom stereocenters. The van der Waals surface area contributed by atoms with Crippen molar-refractivity contribution in [3.63, 3.8) is 0 Å². The number of benzene rings is 1. The summed E-state index contributed by atoms with van der Waals surface area (Å²) in [4.78, 5) is 21.2. The molecule has 0 saturated heterocycles. The molecule has 0 aliphatic carbocycles. The summed E-state index contributed by atoms with van der Waals surface area (Å²) in [7, 11) is 0. The van der Waals surface area contributed by atoms with Gasteiger partial charge in [0.15, 0.2) is 0 Å². The van der Waals surface area contributed by atoms with Gasteiger partial charge in [-0.15, -0.1) is 0 Å². The predicted molar refractivity (Wildman–Crippen MR) is 65.0 cm³/mol. The van der Waals surface area contributed by atoms with Gasteiger partial charge in [-0.05, 0) is 19.1 Å². The lowest BCUT2D eigenvalue weighted by atomic mass is 10.1. The van der Waals surface area contributed by atoms with Crippen LogP contribution in [-0.2, 0) is 9.53 Å². The smallest absolute Gasteiger partial charge is 0.332 e. The fourth-order valence-corrected chi connectivity index (χ4v) is 1.72. The molecule has 0 bridgehead atoms. The number of ether oxygens (including phenoxy) is 1. The highest BCUT2D eigenvalue weighted by molar-refractivity contribution is 5.84. The van der Waals surface area contributed by atoms with Crippen LogP contribution < -0.4 is 5.32 Å². The van der Waals surface area contributed by atoms with Crippen LogP contribution in [-0.4, -0.2) is 17.0 Å². The first kappa shape index (κ1) is 12.1. The lowest BCUT2D eigenvalue weighted by molar-refractivity contribution is -0.384. The quantitative estimate of drug-likeness (QED) is 0.504. The molecule has 0 spiro atoms. The van der Waals surface area contributed by atoms with Gasteiger partial charge < -0.3 is 10.1 Å². The third-order valence-electron chi connectivity index (χ3n) is 2.50. The lowest BCUT2D eigenvalue weighted by Crippen LogP contribution is -2.22. The van der Waals surface area contributed by atoms with Gasteiger partial charge in [0.1, 0.15) is 6.10 Å². The van der Waals surface area contributed by atoms with Crippen LogP contribution in [0.1, 0.15) is 13.3 Å². The molecule has 0 saturated carbocycles. The van der Waals surface area contributed by atoms with Crippen molar-refractivity contribution in [1.82, 2.24) is 0 Å². The molecule has 0 aromatic heterocycles. The molecule has 0 fully saturated rings. The number of cyclic esters (lactones) is 1. The third kappa shape index (κ3) is 2.85. The number of hydrogen-bond donors (Lipinski definition) is 1. The standard InChI is InChI=1S/C12H12N2O4/c1-8-6-10(7-12(15)18-8)13-9-2-4-11(5-3-9)14(16)17/h2-5,7-8,13H,6H2,1H3. The topological polar surface area (TPSA) is 81.5 Å². The molecule has 1 aliphatic rings. The Hall–Kier alpha value is -2.37. The van der Waals surface area contributed by atoms with Crippen molar-refractivity contribution in [3.05, 3.63) is 46.2 Å². The second-order valence-corrected chi connectivity index (χ2v) is 4.05. The zero-order valence-corrected chi connectivity index (χ0v) is 9.75. The maximum absolute atomic E-state index is 11.2. The highest BCUT2D eigenvalue weighted by Gasteiger charge is 2.17. The number of anilines is 1. The average molecular weight is 248 g/mol. The Morgan fingerprint density at radius 3 is 2.61 bits per heavy atom. The van der Waals surface area contributed by atoms with Gasteiger partial charge in [0, 0.05) is 36.0 Å². The summed E-state index contributed by atoms with van der Waals surface area (Å²) in [5.74, 6) is -0.377. The van der Waals surface area contributed by atoms with E-state index in [1.165, 1.54) is 18.2 Å². The molecule has 1 aliphatic heterocycles. The highest BCUT2D eigenvalue weighted by atomic mass is 16.6. The second kappa shape index (κ2) is 4.87. The highest BCUT2D eigenvalue weighted by Crippen LogP contribution is 2.20. The Morgan fingerprint density at radius 1 is 1.39 bits per heavy atom. The SMILES string of the molecule is CC1CC(Nc2ccc([N+](=O)[O-])cc2)=CC(=O)O1. The monoisotopic (exact) mass is 248 g/mol. The number of rotatable bonds is 3. The molecule has 1 aromatic rings. The first-order chi connectivity index (χ1) is 8.54. The number of nitro groups is 1. The molecule has 6 nitrogen and oxygen atoms in total. The molecule has 1 atom stereocenters. The van der Waals surface area contributed by atoms with E-state index in [-0.39, 0.29) is 17.8 Å². The van der Waals surface area contributed by atoms with Crippen LogP contribution in [0.2, 0.25) is 0 Å². The van der Waals surface area contributed by atoms with Crippen molar-refractivity contribution in [2.45, 2.75) is 19.4 Å². The van der Waals surface area contributed by atoms with Crippen LogP contribution in [0.3, 0.4) is 0 Å². The van der Waals surface area contributed by atoms with E-state index in [0.29, 0.717) is 12.1 Å². The number of carbonyl (C=O) groups excluding carboxylic acids is 1. The number of esters is 1. The first-order valence-electron chi connectivity index (χ1n) is 5.47. The summed E-state index contributed by atoms with van der Waals surface area (Å²) >= 11 is 0. The van der Waals surface area contributed by atoms with Gasteiger partial charge in [0.25, 0.3) is 5.69 Å². The molecular weight excluding hydrogens is 236 g/mol. The third-order valence-corrected chi connectivity index (χ3v) is 2.50. The minimum Gasteiger partial charge on any atom is -0.459 e. The zero-order valence-electron chi connectivity index (χ0n) is 9.75. The van der Waals surface area contributed by atoms with Gasteiger partial charge in [0.05, 0.1) is 4.92 Å². The van der Waals surface area contributed by atoms with E-state index in [1.54, 1.807) is 12.1 Å². The van der Waals surface area contributed by atoms with Gasteiger partial charge in [-0.3, -0.25) is 10.1 Å². The Balaban J connectivity index is 2.10. The van der Waals surface area contributed by atoms with Crippen molar-refractivity contribution in [3.8, 4) is 0 Å². The van der Waals surface area contributed by atoms with Gasteiger partial charge in [-0.2, -0.15) is 0 Å². The summed E-state index contributed by atoms with van der Waals surface area (Å²) in [6.45, 7) is 1.81. The zero-order chi connectivity index (χ0) is 13.1. The number of non-ortho nitro benzene ring substituents is 1. The molecular formula is C12H12N2O4. The molecule has 94 valence electrons. The maximum atomic E-state index is 11.2. The van der Waals surface area contributed by atoms with Crippen molar-refractivity contribution in [1.29, 1.82) is 0 Å². The van der Waals surface area contributed by atoms with E-state index in [9.17, 15) is 14.9 Å². The Bertz CT molecular complexity index is 507. The van der Waals surface area contributed by atoms with Gasteiger partial charge >= 0.3 is 5.97 Å². The summed E-state index contributed by atoms with van der Waals surface area (Å²) in [6.07, 6.45) is 1.83. The molecule has 6 heteroatoms. The van der Waals surface area contributed by atoms with E-state index in [0.717, 1.165) is 5.70 Å². The van der Waals surface area contributed by atoms with E-state index in [4.69, 9.17) is 4.74 Å². The number of nitrogens with one attached hydrogen (secondary N) is 1. The fraction of sp³-hybridized carbons (Fsp3) is 0.250. The van der Waals surface area contributed by atoms with Gasteiger partial charge in [-0.1, -0.05) is 0 Å². The molecule has 1 aromatic carbocycles. The van der Waals surface area contributed by atoms with Crippen LogP contribution in [0, 0.1) is 10.1 Å². The van der Waals surface area contributed by atoms with Crippen LogP contribution in [0.15, 0.2) is 36.0 Å². The molecule has 0 amide bonds. The Morgan fingerprint density at radius 2 is 2.06 bits per heavy atom. The van der Waals surface area contributed by atoms with Crippen molar-refractivity contribution >= 4 is 17.3 Å². The molecule has 1 N–H and O–H groups in total. The van der Waals surface area contributed by atoms with Crippen LogP contribution in [0.5, 0.6) is 0 Å². The summed E-state index contributed by atoms with van der Waals surface area (Å²) in [5.41, 5.74) is 1.48. The van der Waals surface area contributed by atoms with E-state index >= 15 is 0 Å². The minimum atomic E-state index is -0.455. The normalized spacial score (nSPS) is 18.8. The lowest BCUT2D eigenvalue weighted by Gasteiger charge is -2.20. The summed E-state index contributed by atoms with van der Waals surface area (Å²) < 4.78 is 4.96. The Labute approximate surface area is 103 Å². The van der Waals surface area contributed by atoms with Crippen LogP contribution in [0.4, 0.5) is 11.4 Å². The Kier molecular flexibility index (Phi) is 3.27. The average Bonchev–Trinajstić information content (AvgIpc) is 2.28. The van der Waals surface area contributed by atoms with E-state index < -0.39 is 4.92 Å². The van der Waals surface area contributed by atoms with Crippen molar-refractivity contribution < 1.29 is 14.5 Å². The van der Waals surface area contributed by atoms with Crippen molar-refractivity contribution in [2.75, 3.05) is 5.32 Å². The second-order valence-electron chi connectivity index (χ2n) is 4.05. The van der Waals surface area contributed by atoms with Gasteiger partial charge in [-0.25, -0.2) is 4.79 Å². The first-order valence-corrected chi connectivity index (χ1v) is 5.47. The number of hydrogen-bond acceptors (Lipinski definition) is 5. The molecule has 18 heavy (non-hydrogen) atoms. The summed E-state index contributed by atoms with van der Waals surface area (Å²) in [5, 5.41) is 13.5. The largest absolute Gasteiger partial charge is 0.459 e. The number of nitrogens with zero attached hydrogens (tertiary/aromatic N) is 1. The van der Waals surface area contributed by atoms with Crippen LogP contribution in [0.25, 0.3) is 0 Å². The number of carbonyl (C=O) groups is 1. The molecule has 1 heterocycles. The predicted octanol–water partition coefficient (Wildman–Crippen LogP) is 2.23. The number of nitro benzene ring substituents is 1. The minimum absolute atomic E-state index is 0.0333. The maximum Gasteiger partial charge on any atom is 0.332 e.